The number of hydrogen-bond donors (Lipinski definition) is 0. The Morgan fingerprint density at radius 1 is 1.47 bits per heavy atom. The van der Waals surface area contributed by atoms with Crippen molar-refractivity contribution in [3.8, 4) is 0 Å². The van der Waals surface area contributed by atoms with Crippen molar-refractivity contribution < 1.29 is 14.3 Å². The topological polar surface area (TPSA) is 35.5 Å². The molecule has 4 atom stereocenters. The van der Waals surface area contributed by atoms with E-state index in [1.807, 2.05) is 0 Å². The fourth-order valence-electron chi connectivity index (χ4n) is 3.12. The molecule has 3 heteroatoms. The summed E-state index contributed by atoms with van der Waals surface area (Å²) < 4.78 is 10.2. The molecule has 0 aromatic heterocycles. The van der Waals surface area contributed by atoms with Crippen molar-refractivity contribution in [2.45, 2.75) is 20.3 Å². The van der Waals surface area contributed by atoms with Crippen LogP contribution >= 0.6 is 0 Å². The van der Waals surface area contributed by atoms with E-state index in [4.69, 9.17) is 9.47 Å². The van der Waals surface area contributed by atoms with Crippen LogP contribution in [-0.4, -0.2) is 19.7 Å². The Labute approximate surface area is 90.4 Å². The molecule has 2 rings (SSSR count). The first-order chi connectivity index (χ1) is 7.15. The largest absolute Gasteiger partial charge is 0.500 e. The van der Waals surface area contributed by atoms with Gasteiger partial charge in [0.15, 0.2) is 0 Å². The first-order valence-corrected chi connectivity index (χ1v) is 5.55. The molecule has 0 saturated heterocycles. The minimum absolute atomic E-state index is 0.231. The first-order valence-electron chi connectivity index (χ1n) is 5.55. The molecule has 0 bridgehead atoms. The molecule has 0 spiro atoms. The Morgan fingerprint density at radius 3 is 2.87 bits per heavy atom. The van der Waals surface area contributed by atoms with Crippen LogP contribution in [0.5, 0.6) is 0 Å². The van der Waals surface area contributed by atoms with Gasteiger partial charge >= 0.3 is 5.97 Å². The Morgan fingerprint density at radius 2 is 2.20 bits per heavy atom. The van der Waals surface area contributed by atoms with E-state index in [1.165, 1.54) is 13.5 Å². The molecule has 3 nitrogen and oxygen atoms in total. The minimum Gasteiger partial charge on any atom is -0.500 e. The molecule has 0 N–H and O–H groups in total. The van der Waals surface area contributed by atoms with E-state index in [-0.39, 0.29) is 5.97 Å². The van der Waals surface area contributed by atoms with Crippen LogP contribution in [0.25, 0.3) is 0 Å². The molecule has 1 saturated carbocycles. The first kappa shape index (κ1) is 10.5. The molecule has 1 fully saturated rings. The summed E-state index contributed by atoms with van der Waals surface area (Å²) in [6.45, 7) is 5.20. The summed E-state index contributed by atoms with van der Waals surface area (Å²) in [4.78, 5) is 11.6. The quantitative estimate of drug-likeness (QED) is 0.621. The molecule has 1 heterocycles. The zero-order chi connectivity index (χ0) is 11.0. The van der Waals surface area contributed by atoms with Crippen LogP contribution in [0.1, 0.15) is 20.3 Å². The number of fused-ring (bicyclic) bond motifs is 1. The van der Waals surface area contributed by atoms with Crippen LogP contribution in [0, 0.1) is 23.7 Å². The summed E-state index contributed by atoms with van der Waals surface area (Å²) in [5, 5.41) is 0. The van der Waals surface area contributed by atoms with E-state index >= 15 is 0 Å². The Balaban J connectivity index is 2.25. The third-order valence-corrected chi connectivity index (χ3v) is 3.83. The lowest BCUT2D eigenvalue weighted by Gasteiger charge is -2.29. The van der Waals surface area contributed by atoms with Gasteiger partial charge in [0, 0.05) is 11.8 Å². The van der Waals surface area contributed by atoms with Gasteiger partial charge in [0.1, 0.15) is 0 Å². The average molecular weight is 210 g/mol. The number of carbonyl (C=O) groups excluding carboxylic acids is 1. The molecular formula is C12H18O3. The van der Waals surface area contributed by atoms with E-state index in [0.717, 1.165) is 12.2 Å². The van der Waals surface area contributed by atoms with Gasteiger partial charge in [-0.15, -0.1) is 0 Å². The van der Waals surface area contributed by atoms with Gasteiger partial charge < -0.3 is 9.47 Å². The standard InChI is InChI=1S/C12H18O3/c1-7-4-8(2)11-9(7)5-15-6-10(11)12(13)14-3/h6-9,11H,4-5H2,1-3H3. The van der Waals surface area contributed by atoms with E-state index in [1.54, 1.807) is 6.26 Å². The molecule has 0 radical (unpaired) electrons. The van der Waals surface area contributed by atoms with Crippen LogP contribution in [0.2, 0.25) is 0 Å². The Hall–Kier alpha value is -0.990. The minimum atomic E-state index is -0.231. The zero-order valence-corrected chi connectivity index (χ0v) is 9.53. The van der Waals surface area contributed by atoms with Crippen LogP contribution in [0.15, 0.2) is 11.8 Å². The van der Waals surface area contributed by atoms with E-state index in [0.29, 0.717) is 23.7 Å². The predicted octanol–water partition coefficient (Wildman–Crippen LogP) is 1.98. The van der Waals surface area contributed by atoms with Gasteiger partial charge in [-0.3, -0.25) is 0 Å². The SMILES string of the molecule is COC(=O)C1=COCC2C(C)CC(C)C12. The van der Waals surface area contributed by atoms with Gasteiger partial charge in [0.05, 0.1) is 25.6 Å². The molecule has 1 aliphatic heterocycles. The highest BCUT2D eigenvalue weighted by Crippen LogP contribution is 2.47. The van der Waals surface area contributed by atoms with Crippen LogP contribution in [-0.2, 0) is 14.3 Å². The highest BCUT2D eigenvalue weighted by molar-refractivity contribution is 5.89. The van der Waals surface area contributed by atoms with E-state index in [2.05, 4.69) is 13.8 Å². The van der Waals surface area contributed by atoms with Crippen molar-refractivity contribution in [2.24, 2.45) is 23.7 Å². The fourth-order valence-corrected chi connectivity index (χ4v) is 3.12. The number of carbonyl (C=O) groups is 1. The number of rotatable bonds is 1. The maximum absolute atomic E-state index is 11.6. The Bertz CT molecular complexity index is 295. The van der Waals surface area contributed by atoms with Crippen molar-refractivity contribution in [1.29, 1.82) is 0 Å². The lowest BCUT2D eigenvalue weighted by atomic mass is 9.82. The third-order valence-electron chi connectivity index (χ3n) is 3.83. The summed E-state index contributed by atoms with van der Waals surface area (Å²) in [7, 11) is 1.43. The monoisotopic (exact) mass is 210 g/mol. The van der Waals surface area contributed by atoms with Crippen molar-refractivity contribution in [3.05, 3.63) is 11.8 Å². The van der Waals surface area contributed by atoms with Gasteiger partial charge in [0.25, 0.3) is 0 Å². The molecule has 1 aliphatic carbocycles. The average Bonchev–Trinajstić information content (AvgIpc) is 2.54. The lowest BCUT2D eigenvalue weighted by molar-refractivity contribution is -0.137. The molecule has 2 aliphatic rings. The van der Waals surface area contributed by atoms with Crippen molar-refractivity contribution in [2.75, 3.05) is 13.7 Å². The summed E-state index contributed by atoms with van der Waals surface area (Å²) in [6, 6.07) is 0. The van der Waals surface area contributed by atoms with Crippen LogP contribution in [0.4, 0.5) is 0 Å². The van der Waals surface area contributed by atoms with Gasteiger partial charge in [0.2, 0.25) is 0 Å². The third kappa shape index (κ3) is 1.64. The fraction of sp³-hybridized carbons (Fsp3) is 0.750. The predicted molar refractivity (Wildman–Crippen MR) is 56.0 cm³/mol. The van der Waals surface area contributed by atoms with E-state index in [9.17, 15) is 4.79 Å². The van der Waals surface area contributed by atoms with Gasteiger partial charge in [-0.25, -0.2) is 4.79 Å². The maximum Gasteiger partial charge on any atom is 0.337 e. The van der Waals surface area contributed by atoms with E-state index < -0.39 is 0 Å². The molecule has 0 aromatic carbocycles. The molecular weight excluding hydrogens is 192 g/mol. The number of methoxy groups -OCH3 is 1. The van der Waals surface area contributed by atoms with Crippen LogP contribution < -0.4 is 0 Å². The van der Waals surface area contributed by atoms with Crippen molar-refractivity contribution >= 4 is 5.97 Å². The lowest BCUT2D eigenvalue weighted by Crippen LogP contribution is -2.30. The number of hydrogen-bond acceptors (Lipinski definition) is 3. The van der Waals surface area contributed by atoms with Crippen molar-refractivity contribution in [3.63, 3.8) is 0 Å². The second-order valence-corrected chi connectivity index (χ2v) is 4.78. The normalized spacial score (nSPS) is 39.0. The zero-order valence-electron chi connectivity index (χ0n) is 9.53. The Kier molecular flexibility index (Phi) is 2.72. The highest BCUT2D eigenvalue weighted by atomic mass is 16.5. The summed E-state index contributed by atoms with van der Waals surface area (Å²) in [5.41, 5.74) is 0.727. The second-order valence-electron chi connectivity index (χ2n) is 4.78. The smallest absolute Gasteiger partial charge is 0.337 e. The summed E-state index contributed by atoms with van der Waals surface area (Å²) >= 11 is 0. The maximum atomic E-state index is 11.6. The molecule has 84 valence electrons. The number of esters is 1. The summed E-state index contributed by atoms with van der Waals surface area (Å²) in [5.74, 6) is 1.78. The van der Waals surface area contributed by atoms with Crippen molar-refractivity contribution in [1.82, 2.24) is 0 Å². The van der Waals surface area contributed by atoms with Gasteiger partial charge in [-0.1, -0.05) is 13.8 Å². The molecule has 0 amide bonds. The highest BCUT2D eigenvalue weighted by Gasteiger charge is 2.45. The molecule has 4 unspecified atom stereocenters. The number of ether oxygens (including phenoxy) is 2. The summed E-state index contributed by atoms with van der Waals surface area (Å²) in [6.07, 6.45) is 2.77. The second kappa shape index (κ2) is 3.87. The van der Waals surface area contributed by atoms with Crippen LogP contribution in [0.3, 0.4) is 0 Å². The van der Waals surface area contributed by atoms with Gasteiger partial charge in [-0.2, -0.15) is 0 Å². The van der Waals surface area contributed by atoms with Gasteiger partial charge in [-0.05, 0) is 18.3 Å². The molecule has 15 heavy (non-hydrogen) atoms. The molecule has 0 aromatic rings.